The molecule has 1 aromatic heterocycles. The lowest BCUT2D eigenvalue weighted by molar-refractivity contribution is -0.140. The van der Waals surface area contributed by atoms with Crippen LogP contribution in [0.5, 0.6) is 11.5 Å². The zero-order valence-corrected chi connectivity index (χ0v) is 19.6. The molecule has 2 heterocycles. The Morgan fingerprint density at radius 3 is 2.47 bits per heavy atom. The number of hydrogen-bond donors (Lipinski definition) is 0. The van der Waals surface area contributed by atoms with Crippen LogP contribution in [0.1, 0.15) is 28.4 Å². The Bertz CT molecular complexity index is 1190. The monoisotopic (exact) mass is 481 g/mol. The van der Waals surface area contributed by atoms with Gasteiger partial charge in [-0.25, -0.2) is 4.98 Å². The second kappa shape index (κ2) is 10.1. The number of imidazole rings is 1. The highest BCUT2D eigenvalue weighted by molar-refractivity contribution is 6.44. The summed E-state index contributed by atoms with van der Waals surface area (Å²) in [5.41, 5.74) is 0.846. The van der Waals surface area contributed by atoms with Gasteiger partial charge in [0, 0.05) is 41.6 Å². The Kier molecular flexibility index (Phi) is 6.98. The fourth-order valence-electron chi connectivity index (χ4n) is 4.28. The number of Topliss-reactive ketones (excluding diaryl/α,β-unsaturated/α-hetero) is 2. The molecule has 0 N–H and O–H groups in total. The Morgan fingerprint density at radius 1 is 1.06 bits per heavy atom. The van der Waals surface area contributed by atoms with Crippen molar-refractivity contribution in [2.24, 2.45) is 5.92 Å². The molecule has 34 heavy (non-hydrogen) atoms. The number of amides is 1. The van der Waals surface area contributed by atoms with Gasteiger partial charge in [0.1, 0.15) is 17.4 Å². The van der Waals surface area contributed by atoms with Gasteiger partial charge in [0.25, 0.3) is 5.91 Å². The summed E-state index contributed by atoms with van der Waals surface area (Å²) in [7, 11) is 3.03. The molecule has 1 saturated heterocycles. The van der Waals surface area contributed by atoms with Crippen LogP contribution >= 0.6 is 11.6 Å². The normalized spacial score (nSPS) is 17.8. The third kappa shape index (κ3) is 4.54. The Labute approximate surface area is 202 Å². The number of benzene rings is 2. The van der Waals surface area contributed by atoms with Crippen LogP contribution < -0.4 is 9.47 Å². The molecule has 2 atom stereocenters. The van der Waals surface area contributed by atoms with Gasteiger partial charge in [-0.1, -0.05) is 11.6 Å². The van der Waals surface area contributed by atoms with E-state index in [2.05, 4.69) is 4.98 Å². The predicted octanol–water partition coefficient (Wildman–Crippen LogP) is 3.60. The number of likely N-dealkylation sites (tertiary alicyclic amines) is 1. The van der Waals surface area contributed by atoms with Crippen LogP contribution in [0.3, 0.4) is 0 Å². The topological polar surface area (TPSA) is 90.7 Å². The molecule has 1 fully saturated rings. The van der Waals surface area contributed by atoms with Gasteiger partial charge in [-0.15, -0.1) is 0 Å². The minimum atomic E-state index is -1.22. The van der Waals surface area contributed by atoms with E-state index >= 15 is 0 Å². The Morgan fingerprint density at radius 2 is 1.82 bits per heavy atom. The van der Waals surface area contributed by atoms with Crippen molar-refractivity contribution < 1.29 is 23.9 Å². The van der Waals surface area contributed by atoms with E-state index in [1.54, 1.807) is 55.0 Å². The molecular weight excluding hydrogens is 458 g/mol. The molecule has 9 heteroatoms. The summed E-state index contributed by atoms with van der Waals surface area (Å²) in [6.07, 6.45) is 5.76. The molecule has 176 valence electrons. The number of aryl methyl sites for hydroxylation is 1. The van der Waals surface area contributed by atoms with Gasteiger partial charge in [-0.05, 0) is 48.9 Å². The summed E-state index contributed by atoms with van der Waals surface area (Å²) in [4.78, 5) is 45.4. The third-order valence-electron chi connectivity index (χ3n) is 5.95. The summed E-state index contributed by atoms with van der Waals surface area (Å²) in [5, 5.41) is 0.470. The first-order chi connectivity index (χ1) is 16.4. The van der Waals surface area contributed by atoms with Gasteiger partial charge < -0.3 is 18.9 Å². The quantitative estimate of drug-likeness (QED) is 0.263. The number of carbonyl (C=O) groups is 3. The largest absolute Gasteiger partial charge is 0.497 e. The predicted molar refractivity (Wildman–Crippen MR) is 125 cm³/mol. The maximum absolute atomic E-state index is 13.5. The zero-order valence-electron chi connectivity index (χ0n) is 18.8. The zero-order chi connectivity index (χ0) is 24.2. The first kappa shape index (κ1) is 23.5. The van der Waals surface area contributed by atoms with Crippen molar-refractivity contribution in [3.63, 3.8) is 0 Å². The summed E-state index contributed by atoms with van der Waals surface area (Å²) in [6, 6.07) is 10.6. The molecule has 0 radical (unpaired) electrons. The van der Waals surface area contributed by atoms with Gasteiger partial charge >= 0.3 is 0 Å². The molecule has 0 saturated carbocycles. The highest BCUT2D eigenvalue weighted by Gasteiger charge is 2.52. The molecule has 3 aromatic rings. The molecule has 0 aliphatic carbocycles. The first-order valence-electron chi connectivity index (χ1n) is 10.8. The first-order valence-corrected chi connectivity index (χ1v) is 11.1. The Hall–Kier alpha value is -3.65. The van der Waals surface area contributed by atoms with E-state index in [4.69, 9.17) is 21.1 Å². The SMILES string of the molecule is COc1ccc(OC)c(C2C(C(=O)c3ccc(Cl)cc3)C(=O)C(=O)N2CCCn2ccnc2)c1. The maximum atomic E-state index is 13.5. The van der Waals surface area contributed by atoms with Crippen molar-refractivity contribution in [1.29, 1.82) is 0 Å². The molecule has 1 aliphatic heterocycles. The van der Waals surface area contributed by atoms with Crippen molar-refractivity contribution in [1.82, 2.24) is 14.5 Å². The smallest absolute Gasteiger partial charge is 0.291 e. The van der Waals surface area contributed by atoms with Gasteiger partial charge in [-0.2, -0.15) is 0 Å². The lowest BCUT2D eigenvalue weighted by Crippen LogP contribution is -2.32. The highest BCUT2D eigenvalue weighted by Crippen LogP contribution is 2.43. The van der Waals surface area contributed by atoms with E-state index in [0.717, 1.165) is 0 Å². The van der Waals surface area contributed by atoms with Crippen LogP contribution in [0, 0.1) is 5.92 Å². The van der Waals surface area contributed by atoms with Crippen LogP contribution in [0.15, 0.2) is 61.2 Å². The maximum Gasteiger partial charge on any atom is 0.291 e. The lowest BCUT2D eigenvalue weighted by atomic mass is 9.86. The number of aromatic nitrogens is 2. The van der Waals surface area contributed by atoms with E-state index in [1.807, 2.05) is 10.8 Å². The number of methoxy groups -OCH3 is 2. The molecular formula is C25H24ClN3O5. The van der Waals surface area contributed by atoms with Gasteiger partial charge in [0.15, 0.2) is 5.78 Å². The van der Waals surface area contributed by atoms with E-state index in [0.29, 0.717) is 40.6 Å². The molecule has 0 spiro atoms. The van der Waals surface area contributed by atoms with Gasteiger partial charge in [-0.3, -0.25) is 14.4 Å². The summed E-state index contributed by atoms with van der Waals surface area (Å²) >= 11 is 5.97. The average Bonchev–Trinajstić information content (AvgIpc) is 3.46. The third-order valence-corrected chi connectivity index (χ3v) is 6.20. The van der Waals surface area contributed by atoms with E-state index in [9.17, 15) is 14.4 Å². The lowest BCUT2D eigenvalue weighted by Gasteiger charge is -2.28. The van der Waals surface area contributed by atoms with Crippen molar-refractivity contribution >= 4 is 29.1 Å². The fourth-order valence-corrected chi connectivity index (χ4v) is 4.41. The average molecular weight is 482 g/mol. The molecule has 2 aromatic carbocycles. The minimum absolute atomic E-state index is 0.276. The number of ketones is 2. The van der Waals surface area contributed by atoms with E-state index in [-0.39, 0.29) is 6.54 Å². The molecule has 8 nitrogen and oxygen atoms in total. The standard InChI is InChI=1S/C25H24ClN3O5/c1-33-18-8-9-20(34-2)19(14-18)22-21(23(30)16-4-6-17(26)7-5-16)24(31)25(32)29(22)12-3-11-28-13-10-27-15-28/h4-10,13-15,21-22H,3,11-12H2,1-2H3. The molecule has 2 unspecified atom stereocenters. The van der Waals surface area contributed by atoms with Crippen LogP contribution in [-0.4, -0.2) is 52.7 Å². The van der Waals surface area contributed by atoms with Gasteiger partial charge in [0.05, 0.1) is 26.6 Å². The molecule has 4 rings (SSSR count). The van der Waals surface area contributed by atoms with E-state index < -0.39 is 29.4 Å². The van der Waals surface area contributed by atoms with Crippen LogP contribution in [0.4, 0.5) is 0 Å². The number of hydrogen-bond acceptors (Lipinski definition) is 6. The Balaban J connectivity index is 1.74. The number of ether oxygens (including phenoxy) is 2. The van der Waals surface area contributed by atoms with Crippen molar-refractivity contribution in [3.05, 3.63) is 77.3 Å². The fraction of sp³-hybridized carbons (Fsp3) is 0.280. The second-order valence-electron chi connectivity index (χ2n) is 7.92. The van der Waals surface area contributed by atoms with Crippen LogP contribution in [0.25, 0.3) is 0 Å². The number of nitrogens with zero attached hydrogens (tertiary/aromatic N) is 3. The molecule has 0 bridgehead atoms. The second-order valence-corrected chi connectivity index (χ2v) is 8.35. The van der Waals surface area contributed by atoms with E-state index in [1.165, 1.54) is 19.1 Å². The van der Waals surface area contributed by atoms with Crippen LogP contribution in [-0.2, 0) is 16.1 Å². The van der Waals surface area contributed by atoms with Crippen molar-refractivity contribution in [2.75, 3.05) is 20.8 Å². The number of halogens is 1. The molecule has 1 aliphatic rings. The number of rotatable bonds is 9. The summed E-state index contributed by atoms with van der Waals surface area (Å²) < 4.78 is 12.8. The minimum Gasteiger partial charge on any atom is -0.497 e. The number of carbonyl (C=O) groups excluding carboxylic acids is 3. The van der Waals surface area contributed by atoms with Crippen LogP contribution in [0.2, 0.25) is 5.02 Å². The summed E-state index contributed by atoms with van der Waals surface area (Å²) in [5.74, 6) is -2.10. The molecule has 1 amide bonds. The van der Waals surface area contributed by atoms with Gasteiger partial charge in [0.2, 0.25) is 5.78 Å². The van der Waals surface area contributed by atoms with Crippen molar-refractivity contribution in [3.8, 4) is 11.5 Å². The summed E-state index contributed by atoms with van der Waals surface area (Å²) in [6.45, 7) is 0.883. The van der Waals surface area contributed by atoms with Crippen molar-refractivity contribution in [2.45, 2.75) is 19.0 Å². The highest BCUT2D eigenvalue weighted by atomic mass is 35.5.